The molecule has 0 bridgehead atoms. The Labute approximate surface area is 126 Å². The fourth-order valence-electron chi connectivity index (χ4n) is 1.37. The van der Waals surface area contributed by atoms with Crippen LogP contribution in [-0.4, -0.2) is 30.4 Å². The van der Waals surface area contributed by atoms with Crippen LogP contribution in [0.4, 0.5) is 5.13 Å². The SMILES string of the molecule is CC(=O)[AsH]Cc1ccc(-c2csc(NC(N)=S)n2)o1. The summed E-state index contributed by atoms with van der Waals surface area (Å²) in [5, 5.41) is 6.20. The van der Waals surface area contributed by atoms with Gasteiger partial charge in [-0.25, -0.2) is 0 Å². The van der Waals surface area contributed by atoms with Crippen LogP contribution in [0, 0.1) is 0 Å². The van der Waals surface area contributed by atoms with Crippen molar-refractivity contribution in [3.63, 3.8) is 0 Å². The van der Waals surface area contributed by atoms with Gasteiger partial charge in [-0.15, -0.1) is 0 Å². The summed E-state index contributed by atoms with van der Waals surface area (Å²) < 4.78 is 5.94. The maximum atomic E-state index is 11.0. The number of nitrogens with two attached hydrogens (primary N) is 1. The van der Waals surface area contributed by atoms with Gasteiger partial charge in [0.25, 0.3) is 0 Å². The maximum absolute atomic E-state index is 11.0. The summed E-state index contributed by atoms with van der Waals surface area (Å²) in [6.45, 7) is 1.62. The Morgan fingerprint density at radius 1 is 1.63 bits per heavy atom. The fourth-order valence-corrected chi connectivity index (χ4v) is 3.53. The van der Waals surface area contributed by atoms with Crippen LogP contribution in [0.25, 0.3) is 11.5 Å². The molecule has 8 heteroatoms. The zero-order valence-electron chi connectivity index (χ0n) is 10.1. The molecule has 0 saturated heterocycles. The molecule has 2 aromatic heterocycles. The molecule has 0 aliphatic heterocycles. The minimum atomic E-state index is -0.604. The van der Waals surface area contributed by atoms with E-state index in [1.54, 1.807) is 6.92 Å². The zero-order valence-corrected chi connectivity index (χ0v) is 13.8. The monoisotopic (exact) mass is 357 g/mol. The van der Waals surface area contributed by atoms with Crippen molar-refractivity contribution in [2.45, 2.75) is 12.1 Å². The Hall–Kier alpha value is -1.17. The molecule has 0 amide bonds. The van der Waals surface area contributed by atoms with E-state index in [1.807, 2.05) is 17.5 Å². The van der Waals surface area contributed by atoms with E-state index in [2.05, 4.69) is 10.3 Å². The van der Waals surface area contributed by atoms with Gasteiger partial charge in [-0.1, -0.05) is 0 Å². The second kappa shape index (κ2) is 6.32. The van der Waals surface area contributed by atoms with Crippen LogP contribution >= 0.6 is 23.6 Å². The number of carbonyl (C=O) groups is 1. The zero-order chi connectivity index (χ0) is 13.8. The first-order valence-electron chi connectivity index (χ1n) is 5.40. The minimum absolute atomic E-state index is 0.188. The molecule has 0 aliphatic carbocycles. The van der Waals surface area contributed by atoms with Crippen molar-refractivity contribution >= 4 is 54.1 Å². The molecule has 0 saturated carbocycles. The van der Waals surface area contributed by atoms with Crippen LogP contribution in [0.15, 0.2) is 21.9 Å². The van der Waals surface area contributed by atoms with Crippen LogP contribution in [0.2, 0.25) is 0 Å². The standard InChI is InChI=1S/C11H12AsN3O2S2/c1-6(16)12-4-7-2-3-9(17-7)8-5-19-11(14-8)15-10(13)18/h2-3,5,12H,4H2,1H3,(H3,13,14,15,18). The Morgan fingerprint density at radius 2 is 2.42 bits per heavy atom. The molecular formula is C11H12AsN3O2S2. The van der Waals surface area contributed by atoms with Gasteiger partial charge in [0.05, 0.1) is 0 Å². The number of aromatic nitrogens is 1. The van der Waals surface area contributed by atoms with E-state index in [4.69, 9.17) is 22.4 Å². The summed E-state index contributed by atoms with van der Waals surface area (Å²) >= 11 is 5.55. The Balaban J connectivity index is 2.07. The van der Waals surface area contributed by atoms with Crippen LogP contribution in [-0.2, 0) is 10.0 Å². The van der Waals surface area contributed by atoms with E-state index in [-0.39, 0.29) is 9.68 Å². The number of hydrogen-bond donors (Lipinski definition) is 2. The first-order valence-corrected chi connectivity index (χ1v) is 9.22. The van der Waals surface area contributed by atoms with Crippen molar-refractivity contribution in [1.82, 2.24) is 4.98 Å². The van der Waals surface area contributed by atoms with Gasteiger partial charge in [0, 0.05) is 0 Å². The molecule has 0 aromatic carbocycles. The van der Waals surface area contributed by atoms with Gasteiger partial charge in [-0.2, -0.15) is 0 Å². The molecule has 100 valence electrons. The third-order valence-electron chi connectivity index (χ3n) is 2.16. The number of hydrogen-bond acceptors (Lipinski definition) is 5. The average molecular weight is 357 g/mol. The molecule has 3 N–H and O–H groups in total. The van der Waals surface area contributed by atoms with E-state index in [1.165, 1.54) is 11.3 Å². The molecule has 19 heavy (non-hydrogen) atoms. The molecule has 2 rings (SSSR count). The molecule has 1 atom stereocenters. The van der Waals surface area contributed by atoms with Crippen molar-refractivity contribution in [2.75, 3.05) is 5.32 Å². The third-order valence-corrected chi connectivity index (χ3v) is 5.17. The molecule has 0 radical (unpaired) electrons. The number of anilines is 1. The van der Waals surface area contributed by atoms with Gasteiger partial charge in [0.1, 0.15) is 0 Å². The molecular weight excluding hydrogens is 345 g/mol. The van der Waals surface area contributed by atoms with Crippen molar-refractivity contribution in [3.05, 3.63) is 23.3 Å². The molecule has 2 heterocycles. The van der Waals surface area contributed by atoms with E-state index >= 15 is 0 Å². The van der Waals surface area contributed by atoms with Crippen LogP contribution in [0.5, 0.6) is 0 Å². The Morgan fingerprint density at radius 3 is 3.11 bits per heavy atom. The van der Waals surface area contributed by atoms with E-state index in [9.17, 15) is 4.79 Å². The second-order valence-corrected chi connectivity index (χ2v) is 7.96. The van der Waals surface area contributed by atoms with E-state index in [0.717, 1.165) is 16.7 Å². The molecule has 1 unspecified atom stereocenters. The number of thiazole rings is 1. The van der Waals surface area contributed by atoms with Crippen molar-refractivity contribution < 1.29 is 9.21 Å². The first-order chi connectivity index (χ1) is 9.04. The van der Waals surface area contributed by atoms with Gasteiger partial charge in [-0.05, 0) is 0 Å². The van der Waals surface area contributed by atoms with Crippen molar-refractivity contribution in [1.29, 1.82) is 0 Å². The predicted molar refractivity (Wildman–Crippen MR) is 81.8 cm³/mol. The summed E-state index contributed by atoms with van der Waals surface area (Å²) in [5.41, 5.74) is 6.11. The van der Waals surface area contributed by atoms with Gasteiger partial charge in [0.15, 0.2) is 0 Å². The quantitative estimate of drug-likeness (QED) is 0.624. The van der Waals surface area contributed by atoms with Crippen LogP contribution in [0.1, 0.15) is 12.7 Å². The van der Waals surface area contributed by atoms with Crippen LogP contribution < -0.4 is 11.1 Å². The predicted octanol–water partition coefficient (Wildman–Crippen LogP) is 1.54. The summed E-state index contributed by atoms with van der Waals surface area (Å²) in [4.78, 5) is 15.3. The first kappa shape index (κ1) is 14.2. The second-order valence-electron chi connectivity index (χ2n) is 3.70. The number of rotatable bonds is 5. The average Bonchev–Trinajstić information content (AvgIpc) is 2.93. The fraction of sp³-hybridized carbons (Fsp3) is 0.182. The van der Waals surface area contributed by atoms with Crippen molar-refractivity contribution in [3.8, 4) is 11.5 Å². The molecule has 0 fully saturated rings. The normalized spacial score (nSPS) is 11.0. The summed E-state index contributed by atoms with van der Waals surface area (Å²) in [5.74, 6) is 1.53. The molecule has 2 aromatic rings. The topological polar surface area (TPSA) is 81.2 Å². The third kappa shape index (κ3) is 4.16. The van der Waals surface area contributed by atoms with Crippen LogP contribution in [0.3, 0.4) is 0 Å². The number of nitrogens with zero attached hydrogens (tertiary/aromatic N) is 1. The van der Waals surface area contributed by atoms with Gasteiger partial charge >= 0.3 is 126 Å². The summed E-state index contributed by atoms with van der Waals surface area (Å²) in [6.07, 6.45) is 0. The van der Waals surface area contributed by atoms with Gasteiger partial charge < -0.3 is 0 Å². The van der Waals surface area contributed by atoms with E-state index < -0.39 is 15.8 Å². The van der Waals surface area contributed by atoms with Gasteiger partial charge in [-0.3, -0.25) is 0 Å². The Bertz CT molecular complexity index is 609. The summed E-state index contributed by atoms with van der Waals surface area (Å²) in [7, 11) is 0. The molecule has 5 nitrogen and oxygen atoms in total. The van der Waals surface area contributed by atoms with Gasteiger partial charge in [0.2, 0.25) is 0 Å². The van der Waals surface area contributed by atoms with E-state index in [0.29, 0.717) is 10.9 Å². The molecule has 0 aliphatic rings. The number of nitrogens with one attached hydrogen (secondary N) is 1. The van der Waals surface area contributed by atoms with Crippen molar-refractivity contribution in [2.24, 2.45) is 5.73 Å². The number of thiocarbonyl (C=S) groups is 1. The summed E-state index contributed by atoms with van der Waals surface area (Å²) in [6, 6.07) is 3.75. The molecule has 0 spiro atoms. The number of furan rings is 1. The number of carbonyl (C=O) groups excluding carboxylic acids is 1. The Kier molecular flexibility index (Phi) is 4.74.